The van der Waals surface area contributed by atoms with E-state index in [4.69, 9.17) is 16.9 Å². The van der Waals surface area contributed by atoms with Crippen LogP contribution in [0.4, 0.5) is 0 Å². The Kier molecular flexibility index (Phi) is 3.31. The van der Waals surface area contributed by atoms with Crippen molar-refractivity contribution >= 4 is 11.6 Å². The monoisotopic (exact) mass is 190 g/mol. The summed E-state index contributed by atoms with van der Waals surface area (Å²) in [5, 5.41) is 8.75. The van der Waals surface area contributed by atoms with Gasteiger partial charge in [0.2, 0.25) is 0 Å². The Morgan fingerprint density at radius 3 is 3.00 bits per heavy atom. The maximum atomic E-state index is 8.25. The lowest BCUT2D eigenvalue weighted by atomic mass is 10.2. The van der Waals surface area contributed by atoms with Crippen molar-refractivity contribution in [1.29, 1.82) is 5.26 Å². The van der Waals surface area contributed by atoms with Gasteiger partial charge < -0.3 is 0 Å². The third-order valence-corrected chi connectivity index (χ3v) is 1.81. The molecule has 3 heteroatoms. The van der Waals surface area contributed by atoms with Gasteiger partial charge in [0.15, 0.2) is 0 Å². The summed E-state index contributed by atoms with van der Waals surface area (Å²) in [5.74, 6) is 5.52. The van der Waals surface area contributed by atoms with Gasteiger partial charge in [-0.15, -0.1) is 0 Å². The normalized spacial score (nSPS) is 8.38. The summed E-state index contributed by atoms with van der Waals surface area (Å²) in [6.07, 6.45) is 1.83. The number of hydrogen-bond acceptors (Lipinski definition) is 2. The standard InChI is InChI=1S/C10H7ClN2/c1-8-6-9(4-2-3-5-12)7-13-10(8)11/h6-7H,3H2,1H3. The van der Waals surface area contributed by atoms with Crippen LogP contribution < -0.4 is 0 Å². The number of pyridine rings is 1. The van der Waals surface area contributed by atoms with Gasteiger partial charge in [-0.3, -0.25) is 0 Å². The topological polar surface area (TPSA) is 36.7 Å². The van der Waals surface area contributed by atoms with Gasteiger partial charge >= 0.3 is 0 Å². The third-order valence-electron chi connectivity index (χ3n) is 1.41. The maximum absolute atomic E-state index is 8.25. The fourth-order valence-electron chi connectivity index (χ4n) is 0.812. The summed E-state index contributed by atoms with van der Waals surface area (Å²) < 4.78 is 0. The van der Waals surface area contributed by atoms with E-state index < -0.39 is 0 Å². The molecule has 1 aromatic rings. The van der Waals surface area contributed by atoms with Crippen LogP contribution in [0, 0.1) is 30.1 Å². The zero-order chi connectivity index (χ0) is 9.68. The van der Waals surface area contributed by atoms with E-state index in [0.717, 1.165) is 11.1 Å². The molecule has 0 aliphatic carbocycles. The van der Waals surface area contributed by atoms with Crippen molar-refractivity contribution in [1.82, 2.24) is 4.98 Å². The second kappa shape index (κ2) is 4.50. The zero-order valence-electron chi connectivity index (χ0n) is 7.13. The van der Waals surface area contributed by atoms with Crippen LogP contribution in [0.5, 0.6) is 0 Å². The molecule has 0 aliphatic heterocycles. The van der Waals surface area contributed by atoms with Crippen molar-refractivity contribution in [2.75, 3.05) is 0 Å². The molecular formula is C10H7ClN2. The Morgan fingerprint density at radius 1 is 1.62 bits per heavy atom. The number of nitriles is 1. The quantitative estimate of drug-likeness (QED) is 0.465. The lowest BCUT2D eigenvalue weighted by Gasteiger charge is -1.95. The minimum atomic E-state index is 0.238. The van der Waals surface area contributed by atoms with Crippen LogP contribution in [-0.4, -0.2) is 4.98 Å². The molecule has 1 rings (SSSR count). The molecule has 0 aromatic carbocycles. The summed E-state index contributed by atoms with van der Waals surface area (Å²) >= 11 is 5.73. The van der Waals surface area contributed by atoms with Gasteiger partial charge in [-0.05, 0) is 18.6 Å². The average molecular weight is 191 g/mol. The largest absolute Gasteiger partial charge is 0.243 e. The van der Waals surface area contributed by atoms with Crippen LogP contribution in [0.3, 0.4) is 0 Å². The minimum Gasteiger partial charge on any atom is -0.243 e. The first-order chi connectivity index (χ1) is 6.24. The van der Waals surface area contributed by atoms with Crippen LogP contribution in [0.15, 0.2) is 12.3 Å². The Morgan fingerprint density at radius 2 is 2.38 bits per heavy atom. The number of rotatable bonds is 0. The van der Waals surface area contributed by atoms with E-state index in [9.17, 15) is 0 Å². The number of aryl methyl sites for hydroxylation is 1. The molecule has 2 nitrogen and oxygen atoms in total. The third kappa shape index (κ3) is 2.78. The van der Waals surface area contributed by atoms with Gasteiger partial charge in [-0.1, -0.05) is 23.4 Å². The van der Waals surface area contributed by atoms with E-state index in [1.807, 2.05) is 19.1 Å². The van der Waals surface area contributed by atoms with E-state index in [0.29, 0.717) is 5.15 Å². The first-order valence-corrected chi connectivity index (χ1v) is 4.10. The molecule has 13 heavy (non-hydrogen) atoms. The average Bonchev–Trinajstić information content (AvgIpc) is 2.12. The highest BCUT2D eigenvalue weighted by Crippen LogP contribution is 2.11. The van der Waals surface area contributed by atoms with E-state index >= 15 is 0 Å². The number of aromatic nitrogens is 1. The van der Waals surface area contributed by atoms with Crippen LogP contribution in [-0.2, 0) is 0 Å². The molecule has 0 amide bonds. The highest BCUT2D eigenvalue weighted by Gasteiger charge is 1.95. The molecule has 0 spiro atoms. The molecular weight excluding hydrogens is 184 g/mol. The first-order valence-electron chi connectivity index (χ1n) is 3.72. The van der Waals surface area contributed by atoms with Crippen molar-refractivity contribution in [2.24, 2.45) is 0 Å². The highest BCUT2D eigenvalue weighted by atomic mass is 35.5. The van der Waals surface area contributed by atoms with Gasteiger partial charge in [-0.25, -0.2) is 4.98 Å². The maximum Gasteiger partial charge on any atom is 0.132 e. The fraction of sp³-hybridized carbons (Fsp3) is 0.200. The molecule has 0 bridgehead atoms. The summed E-state index contributed by atoms with van der Waals surface area (Å²) in [4.78, 5) is 3.94. The number of nitrogens with zero attached hydrogens (tertiary/aromatic N) is 2. The van der Waals surface area contributed by atoms with Crippen LogP contribution in [0.2, 0.25) is 5.15 Å². The van der Waals surface area contributed by atoms with Crippen molar-refractivity contribution in [2.45, 2.75) is 13.3 Å². The molecule has 0 radical (unpaired) electrons. The predicted molar refractivity (Wildman–Crippen MR) is 51.1 cm³/mol. The van der Waals surface area contributed by atoms with Gasteiger partial charge in [0, 0.05) is 11.8 Å². The minimum absolute atomic E-state index is 0.238. The summed E-state index contributed by atoms with van der Waals surface area (Å²) in [6, 6.07) is 3.79. The molecule has 64 valence electrons. The second-order valence-corrected chi connectivity index (χ2v) is 2.83. The Hall–Kier alpha value is -1.51. The molecule has 0 saturated heterocycles. The van der Waals surface area contributed by atoms with Crippen LogP contribution in [0.25, 0.3) is 0 Å². The second-order valence-electron chi connectivity index (χ2n) is 2.47. The highest BCUT2D eigenvalue weighted by molar-refractivity contribution is 6.30. The Bertz CT molecular complexity index is 407. The fourth-order valence-corrected chi connectivity index (χ4v) is 0.916. The van der Waals surface area contributed by atoms with Crippen molar-refractivity contribution in [3.63, 3.8) is 0 Å². The molecule has 0 atom stereocenters. The molecule has 0 aliphatic rings. The van der Waals surface area contributed by atoms with E-state index in [2.05, 4.69) is 16.8 Å². The number of halogens is 1. The van der Waals surface area contributed by atoms with E-state index in [1.54, 1.807) is 6.20 Å². The summed E-state index contributed by atoms with van der Waals surface area (Å²) in [6.45, 7) is 1.87. The van der Waals surface area contributed by atoms with Gasteiger partial charge in [0.25, 0.3) is 0 Å². The van der Waals surface area contributed by atoms with Gasteiger partial charge in [0.1, 0.15) is 5.15 Å². The lowest BCUT2D eigenvalue weighted by Crippen LogP contribution is -1.83. The lowest BCUT2D eigenvalue weighted by molar-refractivity contribution is 1.25. The van der Waals surface area contributed by atoms with Crippen LogP contribution in [0.1, 0.15) is 17.5 Å². The molecule has 1 aromatic heterocycles. The molecule has 0 saturated carbocycles. The molecule has 0 fully saturated rings. The van der Waals surface area contributed by atoms with E-state index in [1.165, 1.54) is 0 Å². The summed E-state index contributed by atoms with van der Waals surface area (Å²) in [5.41, 5.74) is 1.68. The molecule has 1 heterocycles. The Balaban J connectivity index is 2.89. The number of hydrogen-bond donors (Lipinski definition) is 0. The SMILES string of the molecule is Cc1cc(C#CCC#N)cnc1Cl. The van der Waals surface area contributed by atoms with E-state index in [-0.39, 0.29) is 6.42 Å². The molecule has 0 N–H and O–H groups in total. The van der Waals surface area contributed by atoms with Gasteiger partial charge in [0.05, 0.1) is 12.5 Å². The van der Waals surface area contributed by atoms with Crippen molar-refractivity contribution < 1.29 is 0 Å². The smallest absolute Gasteiger partial charge is 0.132 e. The zero-order valence-corrected chi connectivity index (χ0v) is 7.89. The predicted octanol–water partition coefficient (Wildman–Crippen LogP) is 2.31. The first kappa shape index (κ1) is 9.58. The summed E-state index contributed by atoms with van der Waals surface area (Å²) in [7, 11) is 0. The van der Waals surface area contributed by atoms with Crippen LogP contribution >= 0.6 is 11.6 Å². The van der Waals surface area contributed by atoms with Gasteiger partial charge in [-0.2, -0.15) is 5.26 Å². The molecule has 0 unspecified atom stereocenters. The van der Waals surface area contributed by atoms with Crippen molar-refractivity contribution in [3.05, 3.63) is 28.5 Å². The van der Waals surface area contributed by atoms with Crippen molar-refractivity contribution in [3.8, 4) is 17.9 Å². The Labute approximate surface area is 82.2 Å².